The third-order valence-electron chi connectivity index (χ3n) is 15.6. The van der Waals surface area contributed by atoms with Crippen LogP contribution in [0.3, 0.4) is 0 Å². The van der Waals surface area contributed by atoms with Gasteiger partial charge in [-0.2, -0.15) is 35.3 Å². The lowest BCUT2D eigenvalue weighted by molar-refractivity contribution is -0.147. The van der Waals surface area contributed by atoms with E-state index in [0.29, 0.717) is 133 Å². The molecule has 24 heteroatoms. The number of hydrogen-bond acceptors (Lipinski definition) is 24. The van der Waals surface area contributed by atoms with E-state index >= 15 is 0 Å². The first-order chi connectivity index (χ1) is 45.4. The normalized spacial score (nSPS) is 14.4. The number of carbonyl (C=O) groups is 6. The molecular weight excluding hydrogens is 1350 g/mol. The molecule has 15 nitrogen and oxygen atoms in total. The van der Waals surface area contributed by atoms with Crippen molar-refractivity contribution in [2.75, 3.05) is 168 Å². The predicted molar refractivity (Wildman–Crippen MR) is 411 cm³/mol. The van der Waals surface area contributed by atoms with Gasteiger partial charge in [0.15, 0.2) is 0 Å². The quantitative estimate of drug-likeness (QED) is 0.0244. The van der Waals surface area contributed by atoms with Crippen LogP contribution >= 0.6 is 100 Å². The first kappa shape index (κ1) is 90.9. The zero-order valence-corrected chi connectivity index (χ0v) is 66.2. The SMILES string of the molecule is CCCCCCCCCCSCC(C)C(=O)OCCSSCCOC(=O)CCN1CCN(CCC(=O)OCCSSCCOC(=O)C(C)CSCCCCCCCCCC)CCN(CCC(=O)OCCSSCCOC(=O)C(C)CSCCCCCCCCCC)CC1. The highest BCUT2D eigenvalue weighted by Crippen LogP contribution is 2.24. The molecule has 1 rings (SSSR count). The van der Waals surface area contributed by atoms with Crippen LogP contribution in [0.2, 0.25) is 0 Å². The molecule has 0 aromatic carbocycles. The Labute approximate surface area is 603 Å². The van der Waals surface area contributed by atoms with Crippen molar-refractivity contribution in [1.29, 1.82) is 0 Å². The Morgan fingerprint density at radius 2 is 0.495 bits per heavy atom. The van der Waals surface area contributed by atoms with E-state index in [1.54, 1.807) is 64.8 Å². The largest absolute Gasteiger partial charge is 0.465 e. The van der Waals surface area contributed by atoms with Crippen molar-refractivity contribution in [2.45, 2.75) is 215 Å². The van der Waals surface area contributed by atoms with E-state index in [4.69, 9.17) is 28.4 Å². The smallest absolute Gasteiger partial charge is 0.309 e. The first-order valence-corrected chi connectivity index (χ1v) is 46.9. The lowest BCUT2D eigenvalue weighted by Crippen LogP contribution is -2.38. The van der Waals surface area contributed by atoms with Crippen molar-refractivity contribution in [1.82, 2.24) is 14.7 Å². The third-order valence-corrected chi connectivity index (χ3v) is 26.5. The van der Waals surface area contributed by atoms with Gasteiger partial charge in [-0.15, -0.1) is 0 Å². The fourth-order valence-corrected chi connectivity index (χ4v) is 17.9. The highest BCUT2D eigenvalue weighted by atomic mass is 33.1. The van der Waals surface area contributed by atoms with Gasteiger partial charge in [0.1, 0.15) is 39.6 Å². The Bertz CT molecular complexity index is 1590. The van der Waals surface area contributed by atoms with Gasteiger partial charge in [0, 0.05) is 111 Å². The van der Waals surface area contributed by atoms with Gasteiger partial charge in [-0.25, -0.2) is 0 Å². The maximum absolute atomic E-state index is 13.0. The number of carbonyl (C=O) groups excluding carboxylic acids is 6. The molecule has 0 N–H and O–H groups in total. The van der Waals surface area contributed by atoms with E-state index in [1.165, 1.54) is 154 Å². The zero-order chi connectivity index (χ0) is 67.7. The third kappa shape index (κ3) is 60.3. The summed E-state index contributed by atoms with van der Waals surface area (Å²) in [5.41, 5.74) is 0. The Hall–Kier alpha value is -0.150. The highest BCUT2D eigenvalue weighted by molar-refractivity contribution is 8.77. The van der Waals surface area contributed by atoms with E-state index in [2.05, 4.69) is 35.5 Å². The Balaban J connectivity index is 2.48. The minimum atomic E-state index is -0.249. The minimum absolute atomic E-state index is 0.115. The topological polar surface area (TPSA) is 168 Å². The van der Waals surface area contributed by atoms with Crippen molar-refractivity contribution in [3.05, 3.63) is 0 Å². The van der Waals surface area contributed by atoms with Crippen LogP contribution in [0.1, 0.15) is 215 Å². The Morgan fingerprint density at radius 1 is 0.290 bits per heavy atom. The van der Waals surface area contributed by atoms with Gasteiger partial charge in [-0.1, -0.05) is 241 Å². The molecule has 0 aromatic rings. The van der Waals surface area contributed by atoms with Crippen LogP contribution in [0, 0.1) is 17.8 Å². The maximum Gasteiger partial charge on any atom is 0.309 e. The molecule has 3 atom stereocenters. The van der Waals surface area contributed by atoms with Gasteiger partial charge in [0.05, 0.1) is 37.0 Å². The van der Waals surface area contributed by atoms with Gasteiger partial charge in [0.2, 0.25) is 0 Å². The summed E-state index contributed by atoms with van der Waals surface area (Å²) >= 11 is 5.54. The van der Waals surface area contributed by atoms with Crippen LogP contribution in [0.15, 0.2) is 0 Å². The molecule has 1 aliphatic rings. The molecule has 0 amide bonds. The molecule has 1 saturated heterocycles. The summed E-state index contributed by atoms with van der Waals surface area (Å²) in [7, 11) is 9.65. The lowest BCUT2D eigenvalue weighted by Gasteiger charge is -2.25. The average Bonchev–Trinajstić information content (AvgIpc) is 3.91. The van der Waals surface area contributed by atoms with Crippen molar-refractivity contribution >= 4 is 136 Å². The summed E-state index contributed by atoms with van der Waals surface area (Å²) in [6, 6.07) is 0. The molecule has 93 heavy (non-hydrogen) atoms. The molecule has 0 bridgehead atoms. The lowest BCUT2D eigenvalue weighted by atomic mass is 10.1. The second-order valence-corrected chi connectivity index (χ2v) is 35.8. The van der Waals surface area contributed by atoms with Crippen LogP contribution < -0.4 is 0 Å². The van der Waals surface area contributed by atoms with E-state index in [1.807, 2.05) is 56.1 Å². The molecule has 1 aliphatic heterocycles. The van der Waals surface area contributed by atoms with Gasteiger partial charge in [0.25, 0.3) is 0 Å². The molecule has 0 aromatic heterocycles. The van der Waals surface area contributed by atoms with Crippen molar-refractivity contribution in [3.8, 4) is 0 Å². The van der Waals surface area contributed by atoms with Crippen LogP contribution in [-0.2, 0) is 57.2 Å². The number of ether oxygens (including phenoxy) is 6. The molecule has 0 saturated carbocycles. The monoisotopic (exact) mass is 1480 g/mol. The number of rotatable bonds is 66. The standard InChI is InChI=1S/C69H129N3O12S9/c1-7-10-13-16-19-22-25-28-49-85-58-61(4)67(76)82-46-55-91-88-52-43-79-64(73)31-34-70-37-39-71(35-32-65(74)80-44-53-89-92-56-47-83-68(77)62(5)59-86-50-29-26-23-20-17-14-11-8-2)41-42-72(40-38-70)36-33-66(75)81-45-54-90-93-57-48-84-69(78)63(6)60-87-51-30-27-24-21-18-15-12-9-3/h61-63H,7-60H2,1-6H3. The number of hydrogen-bond donors (Lipinski definition) is 0. The maximum atomic E-state index is 13.0. The molecule has 0 radical (unpaired) electrons. The minimum Gasteiger partial charge on any atom is -0.465 e. The second-order valence-electron chi connectivity index (χ2n) is 24.2. The summed E-state index contributed by atoms with van der Waals surface area (Å²) in [5.74, 6) is 8.09. The fourth-order valence-electron chi connectivity index (χ4n) is 9.70. The number of nitrogens with zero attached hydrogens (tertiary/aromatic N) is 3. The number of esters is 6. The summed E-state index contributed by atoms with van der Waals surface area (Å²) < 4.78 is 33.5. The fraction of sp³-hybridized carbons (Fsp3) is 0.913. The Morgan fingerprint density at radius 3 is 0.720 bits per heavy atom. The number of thioether (sulfide) groups is 3. The molecule has 1 heterocycles. The highest BCUT2D eigenvalue weighted by Gasteiger charge is 2.21. The van der Waals surface area contributed by atoms with Crippen LogP contribution in [0.25, 0.3) is 0 Å². The van der Waals surface area contributed by atoms with Crippen LogP contribution in [0.4, 0.5) is 0 Å². The molecule has 546 valence electrons. The van der Waals surface area contributed by atoms with Crippen molar-refractivity contribution in [3.63, 3.8) is 0 Å². The molecule has 3 unspecified atom stereocenters. The molecule has 0 spiro atoms. The summed E-state index contributed by atoms with van der Waals surface area (Å²) in [4.78, 5) is 83.2. The van der Waals surface area contributed by atoms with Gasteiger partial charge in [-0.05, 0) is 36.5 Å². The summed E-state index contributed by atoms with van der Waals surface area (Å²) in [5, 5.41) is 0. The molecular formula is C69H129N3O12S9. The van der Waals surface area contributed by atoms with Gasteiger partial charge < -0.3 is 43.1 Å². The van der Waals surface area contributed by atoms with Crippen molar-refractivity contribution < 1.29 is 57.2 Å². The van der Waals surface area contributed by atoms with E-state index in [-0.39, 0.29) is 72.8 Å². The second kappa shape index (κ2) is 69.0. The van der Waals surface area contributed by atoms with Gasteiger partial charge in [-0.3, -0.25) is 28.8 Å². The van der Waals surface area contributed by atoms with Crippen molar-refractivity contribution in [2.24, 2.45) is 17.8 Å². The van der Waals surface area contributed by atoms with Crippen LogP contribution in [0.5, 0.6) is 0 Å². The van der Waals surface area contributed by atoms with E-state index in [9.17, 15) is 28.8 Å². The Kier molecular flexibility index (Phi) is 67.4. The average molecular weight is 1480 g/mol. The summed E-state index contributed by atoms with van der Waals surface area (Å²) in [6.07, 6.45) is 32.1. The van der Waals surface area contributed by atoms with Crippen LogP contribution in [-0.4, -0.2) is 218 Å². The first-order valence-electron chi connectivity index (χ1n) is 36.0. The predicted octanol–water partition coefficient (Wildman–Crippen LogP) is 17.0. The van der Waals surface area contributed by atoms with Gasteiger partial charge >= 0.3 is 35.8 Å². The molecule has 1 fully saturated rings. The van der Waals surface area contributed by atoms with E-state index < -0.39 is 0 Å². The zero-order valence-electron chi connectivity index (χ0n) is 58.8. The summed E-state index contributed by atoms with van der Waals surface area (Å²) in [6.45, 7) is 20.4. The number of unbranched alkanes of at least 4 members (excludes halogenated alkanes) is 21. The molecule has 0 aliphatic carbocycles. The van der Waals surface area contributed by atoms with E-state index in [0.717, 1.165) is 34.5 Å².